The Kier molecular flexibility index (Phi) is 4.45. The Balaban J connectivity index is 2.44. The van der Waals surface area contributed by atoms with E-state index in [-0.39, 0.29) is 5.75 Å². The minimum Gasteiger partial charge on any atom is -0.481 e. The summed E-state index contributed by atoms with van der Waals surface area (Å²) in [6.45, 7) is 0.891. The Morgan fingerprint density at radius 2 is 2.12 bits per heavy atom. The lowest BCUT2D eigenvalue weighted by Crippen LogP contribution is -2.40. The van der Waals surface area contributed by atoms with Crippen LogP contribution in [-0.2, 0) is 9.59 Å². The maximum absolute atomic E-state index is 13.1. The summed E-state index contributed by atoms with van der Waals surface area (Å²) in [4.78, 5) is 21.7. The summed E-state index contributed by atoms with van der Waals surface area (Å²) in [5, 5.41) is 10.7. The van der Waals surface area contributed by atoms with E-state index in [0.29, 0.717) is 0 Å². The third-order valence-electron chi connectivity index (χ3n) is 1.94. The molecule has 92 valence electrons. The van der Waals surface area contributed by atoms with Gasteiger partial charge in [0.05, 0.1) is 0 Å². The lowest BCUT2D eigenvalue weighted by molar-refractivity contribution is -0.141. The van der Waals surface area contributed by atoms with Gasteiger partial charge >= 0.3 is 5.97 Å². The van der Waals surface area contributed by atoms with Gasteiger partial charge in [0.2, 0.25) is 0 Å². The lowest BCUT2D eigenvalue weighted by Gasteiger charge is -2.10. The predicted molar refractivity (Wildman–Crippen MR) is 57.1 cm³/mol. The Morgan fingerprint density at radius 1 is 1.47 bits per heavy atom. The fraction of sp³-hybridized carbons (Fsp3) is 0.273. The first-order valence-corrected chi connectivity index (χ1v) is 4.90. The summed E-state index contributed by atoms with van der Waals surface area (Å²) in [5.41, 5.74) is 0. The zero-order valence-electron chi connectivity index (χ0n) is 9.14. The van der Waals surface area contributed by atoms with Crippen molar-refractivity contribution in [2.75, 3.05) is 6.61 Å². The van der Waals surface area contributed by atoms with Gasteiger partial charge in [0, 0.05) is 0 Å². The maximum atomic E-state index is 13.1. The number of carbonyl (C=O) groups is 2. The molecule has 1 atom stereocenters. The molecule has 6 heteroatoms. The number of ether oxygens (including phenoxy) is 1. The first-order chi connectivity index (χ1) is 8.00. The molecule has 1 aromatic carbocycles. The average Bonchev–Trinajstić information content (AvgIpc) is 2.27. The minimum atomic E-state index is -1.15. The summed E-state index contributed by atoms with van der Waals surface area (Å²) in [7, 11) is 0. The molecule has 0 saturated carbocycles. The monoisotopic (exact) mass is 241 g/mol. The first-order valence-electron chi connectivity index (χ1n) is 4.90. The highest BCUT2D eigenvalue weighted by Crippen LogP contribution is 2.14. The molecule has 1 rings (SSSR count). The molecule has 0 radical (unpaired) electrons. The minimum absolute atomic E-state index is 0.0503. The van der Waals surface area contributed by atoms with E-state index in [9.17, 15) is 14.0 Å². The third-order valence-corrected chi connectivity index (χ3v) is 1.94. The number of carboxylic acids is 1. The Morgan fingerprint density at radius 3 is 2.71 bits per heavy atom. The van der Waals surface area contributed by atoms with Gasteiger partial charge in [-0.2, -0.15) is 0 Å². The summed E-state index contributed by atoms with van der Waals surface area (Å²) in [6.07, 6.45) is 0. The molecule has 0 bridgehead atoms. The van der Waals surface area contributed by atoms with Crippen LogP contribution in [0.1, 0.15) is 6.92 Å². The van der Waals surface area contributed by atoms with E-state index < -0.39 is 30.3 Å². The Bertz CT molecular complexity index is 422. The van der Waals surface area contributed by atoms with E-state index in [1.54, 1.807) is 6.07 Å². The van der Waals surface area contributed by atoms with Crippen LogP contribution in [-0.4, -0.2) is 29.6 Å². The van der Waals surface area contributed by atoms with E-state index >= 15 is 0 Å². The van der Waals surface area contributed by atoms with Crippen molar-refractivity contribution in [3.63, 3.8) is 0 Å². The number of hydrogen-bond donors (Lipinski definition) is 2. The quantitative estimate of drug-likeness (QED) is 0.799. The SMILES string of the molecule is C[C@@H](NC(=O)COc1ccccc1F)C(=O)O. The van der Waals surface area contributed by atoms with Crippen LogP contribution in [0.3, 0.4) is 0 Å². The van der Waals surface area contributed by atoms with Crippen molar-refractivity contribution in [3.8, 4) is 5.75 Å². The average molecular weight is 241 g/mol. The molecular formula is C11H12FNO4. The predicted octanol–water partition coefficient (Wildman–Crippen LogP) is 0.794. The molecule has 17 heavy (non-hydrogen) atoms. The second-order valence-corrected chi connectivity index (χ2v) is 3.35. The van der Waals surface area contributed by atoms with Crippen molar-refractivity contribution < 1.29 is 23.8 Å². The largest absolute Gasteiger partial charge is 0.481 e. The Labute approximate surface area is 97.2 Å². The van der Waals surface area contributed by atoms with E-state index in [1.165, 1.54) is 25.1 Å². The number of aliphatic carboxylic acids is 1. The van der Waals surface area contributed by atoms with Crippen LogP contribution in [0.5, 0.6) is 5.75 Å². The highest BCUT2D eigenvalue weighted by atomic mass is 19.1. The van der Waals surface area contributed by atoms with Crippen molar-refractivity contribution in [2.24, 2.45) is 0 Å². The number of carboxylic acid groups (broad SMARTS) is 1. The van der Waals surface area contributed by atoms with Gasteiger partial charge in [-0.05, 0) is 19.1 Å². The number of hydrogen-bond acceptors (Lipinski definition) is 3. The number of amides is 1. The number of rotatable bonds is 5. The van der Waals surface area contributed by atoms with Crippen molar-refractivity contribution in [3.05, 3.63) is 30.1 Å². The molecule has 0 aliphatic carbocycles. The fourth-order valence-corrected chi connectivity index (χ4v) is 1.05. The van der Waals surface area contributed by atoms with Crippen molar-refractivity contribution in [1.29, 1.82) is 0 Å². The van der Waals surface area contributed by atoms with Crippen LogP contribution in [0.15, 0.2) is 24.3 Å². The molecule has 0 saturated heterocycles. The zero-order valence-corrected chi connectivity index (χ0v) is 9.14. The van der Waals surface area contributed by atoms with Gasteiger partial charge in [0.15, 0.2) is 18.2 Å². The summed E-state index contributed by atoms with van der Waals surface area (Å²) in [5.74, 6) is -2.40. The molecule has 0 unspecified atom stereocenters. The van der Waals surface area contributed by atoms with Crippen LogP contribution < -0.4 is 10.1 Å². The number of para-hydroxylation sites is 1. The molecular weight excluding hydrogens is 229 g/mol. The number of benzene rings is 1. The molecule has 0 aliphatic rings. The van der Waals surface area contributed by atoms with E-state index in [2.05, 4.69) is 5.32 Å². The van der Waals surface area contributed by atoms with Gasteiger partial charge < -0.3 is 15.2 Å². The molecule has 1 amide bonds. The number of carbonyl (C=O) groups excluding carboxylic acids is 1. The molecule has 5 nitrogen and oxygen atoms in total. The summed E-state index contributed by atoms with van der Waals surface area (Å²) < 4.78 is 18.0. The molecule has 0 fully saturated rings. The fourth-order valence-electron chi connectivity index (χ4n) is 1.05. The van der Waals surface area contributed by atoms with Crippen LogP contribution in [0, 0.1) is 5.82 Å². The lowest BCUT2D eigenvalue weighted by atomic mass is 10.3. The van der Waals surface area contributed by atoms with Crippen molar-refractivity contribution in [1.82, 2.24) is 5.32 Å². The van der Waals surface area contributed by atoms with Crippen LogP contribution in [0.25, 0.3) is 0 Å². The normalized spacial score (nSPS) is 11.6. The van der Waals surface area contributed by atoms with Crippen LogP contribution >= 0.6 is 0 Å². The van der Waals surface area contributed by atoms with Crippen LogP contribution in [0.2, 0.25) is 0 Å². The smallest absolute Gasteiger partial charge is 0.325 e. The standard InChI is InChI=1S/C11H12FNO4/c1-7(11(15)16)13-10(14)6-17-9-5-3-2-4-8(9)12/h2-5,7H,6H2,1H3,(H,13,14)(H,15,16)/t7-/m1/s1. The van der Waals surface area contributed by atoms with Gasteiger partial charge in [0.1, 0.15) is 6.04 Å². The summed E-state index contributed by atoms with van der Waals surface area (Å²) in [6, 6.07) is 4.63. The highest BCUT2D eigenvalue weighted by Gasteiger charge is 2.14. The second kappa shape index (κ2) is 5.83. The maximum Gasteiger partial charge on any atom is 0.325 e. The van der Waals surface area contributed by atoms with Gasteiger partial charge in [-0.15, -0.1) is 0 Å². The van der Waals surface area contributed by atoms with E-state index in [4.69, 9.17) is 9.84 Å². The summed E-state index contributed by atoms with van der Waals surface area (Å²) >= 11 is 0. The molecule has 1 aromatic rings. The van der Waals surface area contributed by atoms with Gasteiger partial charge in [-0.3, -0.25) is 9.59 Å². The van der Waals surface area contributed by atoms with Crippen molar-refractivity contribution >= 4 is 11.9 Å². The van der Waals surface area contributed by atoms with Gasteiger partial charge in [0.25, 0.3) is 5.91 Å². The van der Waals surface area contributed by atoms with Gasteiger partial charge in [-0.25, -0.2) is 4.39 Å². The van der Waals surface area contributed by atoms with E-state index in [0.717, 1.165) is 0 Å². The molecule has 0 spiro atoms. The highest BCUT2D eigenvalue weighted by molar-refractivity contribution is 5.84. The topological polar surface area (TPSA) is 75.6 Å². The Hall–Kier alpha value is -2.11. The first kappa shape index (κ1) is 13.0. The number of halogens is 1. The molecule has 0 aromatic heterocycles. The molecule has 2 N–H and O–H groups in total. The van der Waals surface area contributed by atoms with Crippen molar-refractivity contribution in [2.45, 2.75) is 13.0 Å². The second-order valence-electron chi connectivity index (χ2n) is 3.35. The number of nitrogens with one attached hydrogen (secondary N) is 1. The molecule has 0 heterocycles. The zero-order chi connectivity index (χ0) is 12.8. The van der Waals surface area contributed by atoms with E-state index in [1.807, 2.05) is 0 Å². The van der Waals surface area contributed by atoms with Gasteiger partial charge in [-0.1, -0.05) is 12.1 Å². The third kappa shape index (κ3) is 4.10. The molecule has 0 aliphatic heterocycles. The van der Waals surface area contributed by atoms with Crippen LogP contribution in [0.4, 0.5) is 4.39 Å².